The van der Waals surface area contributed by atoms with Gasteiger partial charge < -0.3 is 0 Å². The monoisotopic (exact) mass is 350 g/mol. The summed E-state index contributed by atoms with van der Waals surface area (Å²) in [7, 11) is 0. The van der Waals surface area contributed by atoms with Crippen LogP contribution in [0.15, 0.2) is 58.1 Å². The van der Waals surface area contributed by atoms with Crippen LogP contribution in [0.3, 0.4) is 0 Å². The third-order valence-corrected chi connectivity index (χ3v) is 3.55. The number of carbonyl (C=O) groups is 1. The van der Waals surface area contributed by atoms with E-state index in [1.807, 2.05) is 36.4 Å². The maximum Gasteiger partial charge on any atom is 0.244 e. The molecule has 0 saturated heterocycles. The molecule has 3 nitrogen and oxygen atoms in total. The molecular formula is C15H12BrClN2O. The van der Waals surface area contributed by atoms with Gasteiger partial charge >= 0.3 is 0 Å². The highest BCUT2D eigenvalue weighted by molar-refractivity contribution is 9.10. The van der Waals surface area contributed by atoms with Gasteiger partial charge in [-0.1, -0.05) is 57.9 Å². The lowest BCUT2D eigenvalue weighted by atomic mass is 10.1. The lowest BCUT2D eigenvalue weighted by molar-refractivity contribution is -0.120. The van der Waals surface area contributed by atoms with Crippen molar-refractivity contribution in [1.82, 2.24) is 5.43 Å². The molecule has 0 aliphatic carbocycles. The number of hydrazone groups is 1. The molecule has 5 heteroatoms. The smallest absolute Gasteiger partial charge is 0.244 e. The summed E-state index contributed by atoms with van der Waals surface area (Å²) in [6, 6.07) is 14.8. The first kappa shape index (κ1) is 14.8. The van der Waals surface area contributed by atoms with Gasteiger partial charge in [0.1, 0.15) is 0 Å². The third kappa shape index (κ3) is 4.47. The summed E-state index contributed by atoms with van der Waals surface area (Å²) >= 11 is 9.19. The average molecular weight is 352 g/mol. The van der Waals surface area contributed by atoms with Crippen molar-refractivity contribution < 1.29 is 4.79 Å². The summed E-state index contributed by atoms with van der Waals surface area (Å²) < 4.78 is 0.927. The van der Waals surface area contributed by atoms with E-state index >= 15 is 0 Å². The molecule has 0 aliphatic heterocycles. The number of hydrogen-bond donors (Lipinski definition) is 1. The molecule has 2 aromatic rings. The summed E-state index contributed by atoms with van der Waals surface area (Å²) in [5.74, 6) is -0.171. The second-order valence-corrected chi connectivity index (χ2v) is 5.41. The number of amides is 1. The summed E-state index contributed by atoms with van der Waals surface area (Å²) in [5.41, 5.74) is 4.29. The van der Waals surface area contributed by atoms with Gasteiger partial charge in [-0.25, -0.2) is 5.43 Å². The van der Waals surface area contributed by atoms with Gasteiger partial charge in [-0.3, -0.25) is 4.79 Å². The molecule has 1 N–H and O–H groups in total. The topological polar surface area (TPSA) is 41.5 Å². The molecule has 0 aromatic heterocycles. The molecule has 0 bridgehead atoms. The van der Waals surface area contributed by atoms with Crippen molar-refractivity contribution in [3.63, 3.8) is 0 Å². The molecule has 102 valence electrons. The van der Waals surface area contributed by atoms with Gasteiger partial charge in [0.15, 0.2) is 0 Å². The maximum atomic E-state index is 11.7. The van der Waals surface area contributed by atoms with Crippen LogP contribution in [-0.4, -0.2) is 12.1 Å². The van der Waals surface area contributed by atoms with E-state index in [-0.39, 0.29) is 12.3 Å². The zero-order chi connectivity index (χ0) is 14.4. The first-order chi connectivity index (χ1) is 9.65. The Labute approximate surface area is 130 Å². The van der Waals surface area contributed by atoms with Crippen molar-refractivity contribution in [2.24, 2.45) is 5.10 Å². The molecule has 0 saturated carbocycles. The highest BCUT2D eigenvalue weighted by Gasteiger charge is 2.02. The Hall–Kier alpha value is -1.65. The number of hydrogen-bond acceptors (Lipinski definition) is 2. The predicted molar refractivity (Wildman–Crippen MR) is 85.0 cm³/mol. The van der Waals surface area contributed by atoms with Gasteiger partial charge in [-0.15, -0.1) is 0 Å². The minimum absolute atomic E-state index is 0.171. The van der Waals surface area contributed by atoms with Crippen molar-refractivity contribution in [2.45, 2.75) is 6.42 Å². The lowest BCUT2D eigenvalue weighted by Crippen LogP contribution is -2.19. The molecule has 20 heavy (non-hydrogen) atoms. The lowest BCUT2D eigenvalue weighted by Gasteiger charge is -2.01. The second-order valence-electron chi connectivity index (χ2n) is 4.12. The van der Waals surface area contributed by atoms with E-state index in [0.29, 0.717) is 5.02 Å². The largest absolute Gasteiger partial charge is 0.273 e. The van der Waals surface area contributed by atoms with Gasteiger partial charge in [-0.2, -0.15) is 5.10 Å². The van der Waals surface area contributed by atoms with Crippen molar-refractivity contribution in [1.29, 1.82) is 0 Å². The van der Waals surface area contributed by atoms with E-state index in [9.17, 15) is 4.79 Å². The summed E-state index contributed by atoms with van der Waals surface area (Å²) in [6.07, 6.45) is 1.87. The number of carbonyl (C=O) groups excluding carboxylic acids is 1. The van der Waals surface area contributed by atoms with Gasteiger partial charge in [0.05, 0.1) is 12.6 Å². The van der Waals surface area contributed by atoms with E-state index < -0.39 is 0 Å². The highest BCUT2D eigenvalue weighted by atomic mass is 79.9. The summed E-state index contributed by atoms with van der Waals surface area (Å²) in [6.45, 7) is 0. The number of nitrogens with one attached hydrogen (secondary N) is 1. The molecule has 1 amide bonds. The Balaban J connectivity index is 1.89. The van der Waals surface area contributed by atoms with Crippen LogP contribution in [0, 0.1) is 0 Å². The minimum Gasteiger partial charge on any atom is -0.273 e. The zero-order valence-corrected chi connectivity index (χ0v) is 12.9. The van der Waals surface area contributed by atoms with Crippen molar-refractivity contribution in [3.8, 4) is 0 Å². The third-order valence-electron chi connectivity index (χ3n) is 2.58. The number of halogens is 2. The quantitative estimate of drug-likeness (QED) is 0.661. The van der Waals surface area contributed by atoms with Gasteiger partial charge in [0, 0.05) is 15.1 Å². The molecule has 2 aromatic carbocycles. The summed E-state index contributed by atoms with van der Waals surface area (Å²) in [4.78, 5) is 11.7. The fraction of sp³-hybridized carbons (Fsp3) is 0.0667. The van der Waals surface area contributed by atoms with Crippen LogP contribution < -0.4 is 5.43 Å². The molecule has 0 spiro atoms. The van der Waals surface area contributed by atoms with Crippen LogP contribution >= 0.6 is 27.5 Å². The molecule has 0 radical (unpaired) electrons. The van der Waals surface area contributed by atoms with Gasteiger partial charge in [0.2, 0.25) is 5.91 Å². The molecule has 0 unspecified atom stereocenters. The normalized spacial score (nSPS) is 10.7. The van der Waals surface area contributed by atoms with Gasteiger partial charge in [0.25, 0.3) is 0 Å². The van der Waals surface area contributed by atoms with Crippen LogP contribution in [0.4, 0.5) is 0 Å². The van der Waals surface area contributed by atoms with E-state index in [4.69, 9.17) is 11.6 Å². The Bertz CT molecular complexity index is 626. The van der Waals surface area contributed by atoms with E-state index in [0.717, 1.165) is 15.6 Å². The SMILES string of the molecule is O=C(Cc1ccc(Cl)cc1)N/N=C/c1ccccc1Br. The molecule has 0 atom stereocenters. The van der Waals surface area contributed by atoms with Crippen LogP contribution in [-0.2, 0) is 11.2 Å². The Kier molecular flexibility index (Phi) is 5.32. The van der Waals surface area contributed by atoms with Crippen LogP contribution in [0.5, 0.6) is 0 Å². The van der Waals surface area contributed by atoms with Crippen LogP contribution in [0.1, 0.15) is 11.1 Å². The fourth-order valence-electron chi connectivity index (χ4n) is 1.58. The molecule has 0 fully saturated rings. The standard InChI is InChI=1S/C15H12BrClN2O/c16-14-4-2-1-3-12(14)10-18-19-15(20)9-11-5-7-13(17)8-6-11/h1-8,10H,9H2,(H,19,20)/b18-10+. The molecular weight excluding hydrogens is 340 g/mol. The van der Waals surface area contributed by atoms with Crippen molar-refractivity contribution >= 4 is 39.7 Å². The van der Waals surface area contributed by atoms with Crippen LogP contribution in [0.2, 0.25) is 5.02 Å². The number of rotatable bonds is 4. The second kappa shape index (κ2) is 7.22. The van der Waals surface area contributed by atoms with Crippen molar-refractivity contribution in [3.05, 3.63) is 69.2 Å². The molecule has 2 rings (SSSR count). The first-order valence-corrected chi connectivity index (χ1v) is 7.13. The predicted octanol–water partition coefficient (Wildman–Crippen LogP) is 3.80. The molecule has 0 aliphatic rings. The Morgan fingerprint density at radius 3 is 2.60 bits per heavy atom. The minimum atomic E-state index is -0.171. The average Bonchev–Trinajstić information content (AvgIpc) is 2.43. The fourth-order valence-corrected chi connectivity index (χ4v) is 2.09. The molecule has 0 heterocycles. The Morgan fingerprint density at radius 2 is 1.90 bits per heavy atom. The maximum absolute atomic E-state index is 11.7. The van der Waals surface area contributed by atoms with E-state index in [1.54, 1.807) is 18.3 Å². The van der Waals surface area contributed by atoms with Crippen LogP contribution in [0.25, 0.3) is 0 Å². The van der Waals surface area contributed by atoms with E-state index in [1.165, 1.54) is 0 Å². The number of benzene rings is 2. The van der Waals surface area contributed by atoms with Crippen molar-refractivity contribution in [2.75, 3.05) is 0 Å². The zero-order valence-electron chi connectivity index (χ0n) is 10.5. The Morgan fingerprint density at radius 1 is 1.20 bits per heavy atom. The highest BCUT2D eigenvalue weighted by Crippen LogP contribution is 2.13. The van der Waals surface area contributed by atoms with Gasteiger partial charge in [-0.05, 0) is 23.8 Å². The van der Waals surface area contributed by atoms with E-state index in [2.05, 4.69) is 26.5 Å². The summed E-state index contributed by atoms with van der Waals surface area (Å²) in [5, 5.41) is 4.59. The number of nitrogens with zero attached hydrogens (tertiary/aromatic N) is 1. The first-order valence-electron chi connectivity index (χ1n) is 5.96.